The summed E-state index contributed by atoms with van der Waals surface area (Å²) in [6.07, 6.45) is 1.13. The van der Waals surface area contributed by atoms with E-state index in [0.29, 0.717) is 6.42 Å². The number of amides is 1. The van der Waals surface area contributed by atoms with E-state index in [2.05, 4.69) is 5.32 Å². The van der Waals surface area contributed by atoms with Gasteiger partial charge in [-0.15, -0.1) is 0 Å². The van der Waals surface area contributed by atoms with Crippen molar-refractivity contribution in [2.75, 3.05) is 0 Å². The number of ether oxygens (including phenoxy) is 1. The Morgan fingerprint density at radius 2 is 1.95 bits per heavy atom. The van der Waals surface area contributed by atoms with Gasteiger partial charge in [-0.1, -0.05) is 78.5 Å². The Balaban J connectivity index is 2.55. The Kier molecular flexibility index (Phi) is 7.67. The number of carbonyl (C=O) groups is 1. The lowest BCUT2D eigenvalue weighted by atomic mass is 10.2. The third-order valence-electron chi connectivity index (χ3n) is 2.61. The molecule has 0 aliphatic heterocycles. The summed E-state index contributed by atoms with van der Waals surface area (Å²) < 4.78 is 3.80. The molecule has 0 saturated heterocycles. The predicted octanol–water partition coefficient (Wildman–Crippen LogP) is 4.21. The van der Waals surface area contributed by atoms with E-state index in [-0.39, 0.29) is 12.5 Å². The van der Waals surface area contributed by atoms with Crippen molar-refractivity contribution in [3.05, 3.63) is 35.9 Å². The fraction of sp³-hybridized carbons (Fsp3) is 0.500. The summed E-state index contributed by atoms with van der Waals surface area (Å²) in [5.74, 6) is -0.184. The van der Waals surface area contributed by atoms with Gasteiger partial charge in [0.2, 0.25) is 9.70 Å². The number of unbranched alkanes of at least 4 members (excludes halogenated alkanes) is 1. The number of hydrogen-bond donors (Lipinski definition) is 1. The highest BCUT2D eigenvalue weighted by Gasteiger charge is 2.34. The van der Waals surface area contributed by atoms with Crippen LogP contribution < -0.4 is 5.32 Å². The molecule has 0 fully saturated rings. The summed E-state index contributed by atoms with van der Waals surface area (Å²) >= 11 is 17.5. The molecule has 3 nitrogen and oxygen atoms in total. The van der Waals surface area contributed by atoms with E-state index >= 15 is 0 Å². The molecule has 0 aliphatic carbocycles. The zero-order valence-corrected chi connectivity index (χ0v) is 13.5. The molecule has 0 heterocycles. The van der Waals surface area contributed by atoms with Crippen LogP contribution in [0.2, 0.25) is 0 Å². The Bertz CT molecular complexity index is 407. The molecule has 0 bridgehead atoms. The minimum absolute atomic E-state index is 0.184. The Morgan fingerprint density at radius 3 is 2.50 bits per heavy atom. The Labute approximate surface area is 134 Å². The van der Waals surface area contributed by atoms with Crippen molar-refractivity contribution >= 4 is 40.7 Å². The molecule has 6 heteroatoms. The molecule has 1 aromatic rings. The van der Waals surface area contributed by atoms with Gasteiger partial charge in [0.25, 0.3) is 0 Å². The number of carbonyl (C=O) groups excluding carboxylic acids is 1. The average molecular weight is 339 g/mol. The first-order chi connectivity index (χ1) is 9.43. The molecule has 0 radical (unpaired) electrons. The smallest absolute Gasteiger partial charge is 0.234 e. The molecule has 0 aliphatic rings. The molecule has 1 aromatic carbocycles. The lowest BCUT2D eigenvalue weighted by Gasteiger charge is -2.25. The maximum atomic E-state index is 11.7. The van der Waals surface area contributed by atoms with Crippen molar-refractivity contribution in [2.45, 2.75) is 42.8 Å². The Hall–Kier alpha value is -0.480. The quantitative estimate of drug-likeness (QED) is 0.597. The van der Waals surface area contributed by atoms with Gasteiger partial charge in [0, 0.05) is 6.42 Å². The number of alkyl halides is 3. The molecular weight excluding hydrogens is 321 g/mol. The van der Waals surface area contributed by atoms with E-state index in [1.165, 1.54) is 0 Å². The normalized spacial score (nSPS) is 13.0. The molecule has 1 N–H and O–H groups in total. The van der Waals surface area contributed by atoms with Crippen molar-refractivity contribution in [2.24, 2.45) is 0 Å². The van der Waals surface area contributed by atoms with Gasteiger partial charge in [0.15, 0.2) is 6.23 Å². The van der Waals surface area contributed by atoms with Crippen LogP contribution in [0.3, 0.4) is 0 Å². The van der Waals surface area contributed by atoms with Crippen LogP contribution in [0.5, 0.6) is 0 Å². The predicted molar refractivity (Wildman–Crippen MR) is 83.0 cm³/mol. The number of nitrogens with one attached hydrogen (secondary N) is 1. The summed E-state index contributed by atoms with van der Waals surface area (Å²) in [6.45, 7) is 2.26. The van der Waals surface area contributed by atoms with E-state index in [1.54, 1.807) is 0 Å². The van der Waals surface area contributed by atoms with Crippen molar-refractivity contribution in [3.8, 4) is 0 Å². The summed E-state index contributed by atoms with van der Waals surface area (Å²) in [7, 11) is 0. The molecule has 0 unspecified atom stereocenters. The summed E-state index contributed by atoms with van der Waals surface area (Å²) in [5, 5.41) is 2.61. The van der Waals surface area contributed by atoms with Gasteiger partial charge < -0.3 is 10.1 Å². The van der Waals surface area contributed by atoms with Gasteiger partial charge in [-0.05, 0) is 12.0 Å². The highest BCUT2D eigenvalue weighted by Crippen LogP contribution is 2.31. The van der Waals surface area contributed by atoms with Gasteiger partial charge in [0.05, 0.1) is 6.61 Å². The van der Waals surface area contributed by atoms with Crippen molar-refractivity contribution in [1.29, 1.82) is 0 Å². The van der Waals surface area contributed by atoms with Gasteiger partial charge >= 0.3 is 0 Å². The monoisotopic (exact) mass is 337 g/mol. The van der Waals surface area contributed by atoms with Crippen LogP contribution in [-0.4, -0.2) is 15.9 Å². The first-order valence-corrected chi connectivity index (χ1v) is 7.58. The van der Waals surface area contributed by atoms with Crippen LogP contribution in [0.4, 0.5) is 0 Å². The van der Waals surface area contributed by atoms with Gasteiger partial charge in [-0.3, -0.25) is 4.79 Å². The number of benzene rings is 1. The highest BCUT2D eigenvalue weighted by atomic mass is 35.6. The van der Waals surface area contributed by atoms with Crippen molar-refractivity contribution in [1.82, 2.24) is 5.32 Å². The van der Waals surface area contributed by atoms with Gasteiger partial charge in [-0.25, -0.2) is 0 Å². The standard InChI is InChI=1S/C14H18Cl3NO2/c1-2-3-9-12(19)18-13(14(15,16)17)20-10-11-7-5-4-6-8-11/h4-8,13H,2-3,9-10H2,1H3,(H,18,19)/t13-/m1/s1. The van der Waals surface area contributed by atoms with Crippen LogP contribution in [0.1, 0.15) is 31.7 Å². The van der Waals surface area contributed by atoms with Gasteiger partial charge in [0.1, 0.15) is 0 Å². The van der Waals surface area contributed by atoms with Crippen LogP contribution in [0, 0.1) is 0 Å². The Morgan fingerprint density at radius 1 is 1.30 bits per heavy atom. The summed E-state index contributed by atoms with van der Waals surface area (Å²) in [5.41, 5.74) is 0.939. The molecule has 1 amide bonds. The van der Waals surface area contributed by atoms with E-state index in [0.717, 1.165) is 18.4 Å². The number of rotatable bonds is 7. The molecule has 1 atom stereocenters. The average Bonchev–Trinajstić information content (AvgIpc) is 2.41. The lowest BCUT2D eigenvalue weighted by Crippen LogP contribution is -2.45. The zero-order chi connectivity index (χ0) is 15.0. The first kappa shape index (κ1) is 17.6. The van der Waals surface area contributed by atoms with Crippen molar-refractivity contribution in [3.63, 3.8) is 0 Å². The molecule has 20 heavy (non-hydrogen) atoms. The highest BCUT2D eigenvalue weighted by molar-refractivity contribution is 6.68. The second-order valence-electron chi connectivity index (χ2n) is 4.39. The van der Waals surface area contributed by atoms with Gasteiger partial charge in [-0.2, -0.15) is 0 Å². The van der Waals surface area contributed by atoms with E-state index < -0.39 is 10.0 Å². The topological polar surface area (TPSA) is 38.3 Å². The van der Waals surface area contributed by atoms with Crippen LogP contribution in [-0.2, 0) is 16.1 Å². The summed E-state index contributed by atoms with van der Waals surface area (Å²) in [6, 6.07) is 9.48. The summed E-state index contributed by atoms with van der Waals surface area (Å²) in [4.78, 5) is 11.7. The maximum absolute atomic E-state index is 11.7. The third-order valence-corrected chi connectivity index (χ3v) is 3.20. The lowest BCUT2D eigenvalue weighted by molar-refractivity contribution is -0.126. The fourth-order valence-corrected chi connectivity index (χ4v) is 1.88. The van der Waals surface area contributed by atoms with E-state index in [9.17, 15) is 4.79 Å². The largest absolute Gasteiger partial charge is 0.349 e. The van der Waals surface area contributed by atoms with Crippen LogP contribution in [0.15, 0.2) is 30.3 Å². The van der Waals surface area contributed by atoms with E-state index in [4.69, 9.17) is 39.5 Å². The maximum Gasteiger partial charge on any atom is 0.234 e. The van der Waals surface area contributed by atoms with Crippen LogP contribution in [0.25, 0.3) is 0 Å². The molecule has 0 aromatic heterocycles. The van der Waals surface area contributed by atoms with Crippen molar-refractivity contribution < 1.29 is 9.53 Å². The molecule has 0 saturated carbocycles. The second-order valence-corrected chi connectivity index (χ2v) is 6.76. The minimum atomic E-state index is -1.71. The minimum Gasteiger partial charge on any atom is -0.349 e. The molecular formula is C14H18Cl3NO2. The molecule has 112 valence electrons. The fourth-order valence-electron chi connectivity index (χ4n) is 1.53. The first-order valence-electron chi connectivity index (χ1n) is 6.45. The zero-order valence-electron chi connectivity index (χ0n) is 11.2. The third kappa shape index (κ3) is 6.80. The number of hydrogen-bond acceptors (Lipinski definition) is 2. The SMILES string of the molecule is CCCCC(=O)N[C@H](OCc1ccccc1)C(Cl)(Cl)Cl. The molecule has 0 spiro atoms. The van der Waals surface area contributed by atoms with E-state index in [1.807, 2.05) is 37.3 Å². The second kappa shape index (κ2) is 8.73. The van der Waals surface area contributed by atoms with Crippen LogP contribution >= 0.6 is 34.8 Å². The number of halogens is 3. The molecule has 1 rings (SSSR count).